The zero-order chi connectivity index (χ0) is 21.6. The molecule has 1 aromatic rings. The van der Waals surface area contributed by atoms with Crippen LogP contribution in [0.25, 0.3) is 0 Å². The number of nitro groups is 1. The van der Waals surface area contributed by atoms with Gasteiger partial charge in [0.1, 0.15) is 5.69 Å². The first-order chi connectivity index (χ1) is 13.6. The van der Waals surface area contributed by atoms with Crippen LogP contribution >= 0.6 is 0 Å². The van der Waals surface area contributed by atoms with Gasteiger partial charge in [-0.2, -0.15) is 13.2 Å². The molecule has 11 heteroatoms. The summed E-state index contributed by atoms with van der Waals surface area (Å²) in [6, 6.07) is 2.44. The van der Waals surface area contributed by atoms with Gasteiger partial charge in [0.05, 0.1) is 10.5 Å². The molecule has 0 spiro atoms. The third-order valence-electron chi connectivity index (χ3n) is 4.61. The minimum Gasteiger partial charge on any atom is -0.362 e. The van der Waals surface area contributed by atoms with Gasteiger partial charge in [-0.25, -0.2) is 0 Å². The van der Waals surface area contributed by atoms with Crippen LogP contribution in [0.4, 0.5) is 24.5 Å². The molecule has 160 valence electrons. The summed E-state index contributed by atoms with van der Waals surface area (Å²) in [4.78, 5) is 37.4. The number of nitrogens with one attached hydrogen (secondary N) is 1. The maximum atomic E-state index is 12.8. The monoisotopic (exact) mass is 416 g/mol. The van der Waals surface area contributed by atoms with E-state index in [0.29, 0.717) is 12.6 Å². The van der Waals surface area contributed by atoms with Crippen molar-refractivity contribution < 1.29 is 27.7 Å². The van der Waals surface area contributed by atoms with E-state index >= 15 is 0 Å². The van der Waals surface area contributed by atoms with Crippen LogP contribution in [0.15, 0.2) is 18.2 Å². The predicted molar refractivity (Wildman–Crippen MR) is 99.4 cm³/mol. The smallest absolute Gasteiger partial charge is 0.362 e. The minimum atomic E-state index is -4.67. The standard InChI is InChI=1S/C18H23F3N4O4/c1-2-7-22-16(26)5-6-17(27)24-10-8-23(9-11-24)14-4-3-13(18(19,20)21)12-15(14)25(28)29/h3-4,12H,2,5-11H2,1H3,(H,22,26). The summed E-state index contributed by atoms with van der Waals surface area (Å²) in [5.41, 5.74) is -1.61. The molecule has 1 aliphatic rings. The van der Waals surface area contributed by atoms with Crippen molar-refractivity contribution in [3.05, 3.63) is 33.9 Å². The van der Waals surface area contributed by atoms with Crippen LogP contribution in [-0.2, 0) is 15.8 Å². The zero-order valence-electron chi connectivity index (χ0n) is 16.0. The number of halogens is 3. The van der Waals surface area contributed by atoms with E-state index in [2.05, 4.69) is 5.32 Å². The highest BCUT2D eigenvalue weighted by Crippen LogP contribution is 2.36. The van der Waals surface area contributed by atoms with E-state index in [0.717, 1.165) is 18.6 Å². The number of anilines is 1. The fourth-order valence-electron chi connectivity index (χ4n) is 3.04. The number of hydrogen-bond acceptors (Lipinski definition) is 5. The number of carbonyl (C=O) groups is 2. The lowest BCUT2D eigenvalue weighted by molar-refractivity contribution is -0.384. The number of alkyl halides is 3. The highest BCUT2D eigenvalue weighted by atomic mass is 19.4. The summed E-state index contributed by atoms with van der Waals surface area (Å²) in [5, 5.41) is 13.9. The van der Waals surface area contributed by atoms with Gasteiger partial charge in [0.25, 0.3) is 5.69 Å². The molecule has 8 nitrogen and oxygen atoms in total. The lowest BCUT2D eigenvalue weighted by Gasteiger charge is -2.36. The molecule has 0 bridgehead atoms. The van der Waals surface area contributed by atoms with Crippen molar-refractivity contribution in [1.29, 1.82) is 0 Å². The molecule has 0 atom stereocenters. The number of piperazine rings is 1. The number of rotatable bonds is 7. The van der Waals surface area contributed by atoms with E-state index in [1.807, 2.05) is 6.92 Å². The average Bonchev–Trinajstić information content (AvgIpc) is 2.69. The lowest BCUT2D eigenvalue weighted by Crippen LogP contribution is -2.49. The SMILES string of the molecule is CCCNC(=O)CCC(=O)N1CCN(c2ccc(C(F)(F)F)cc2[N+](=O)[O-])CC1. The fraction of sp³-hybridized carbons (Fsp3) is 0.556. The van der Waals surface area contributed by atoms with Crippen LogP contribution in [0, 0.1) is 10.1 Å². The molecule has 1 aromatic carbocycles. The maximum absolute atomic E-state index is 12.8. The number of amides is 2. The molecule has 0 aromatic heterocycles. The summed E-state index contributed by atoms with van der Waals surface area (Å²) < 4.78 is 38.5. The molecule has 0 unspecified atom stereocenters. The van der Waals surface area contributed by atoms with Gasteiger partial charge in [0.15, 0.2) is 0 Å². The third kappa shape index (κ3) is 6.06. The second-order valence-electron chi connectivity index (χ2n) is 6.68. The Bertz CT molecular complexity index is 762. The molecule has 1 fully saturated rings. The third-order valence-corrected chi connectivity index (χ3v) is 4.61. The van der Waals surface area contributed by atoms with Crippen molar-refractivity contribution in [2.75, 3.05) is 37.6 Å². The number of benzene rings is 1. The lowest BCUT2D eigenvalue weighted by atomic mass is 10.1. The van der Waals surface area contributed by atoms with Gasteiger partial charge in [-0.1, -0.05) is 6.92 Å². The van der Waals surface area contributed by atoms with E-state index in [9.17, 15) is 32.9 Å². The Balaban J connectivity index is 1.97. The molecule has 0 radical (unpaired) electrons. The summed E-state index contributed by atoms with van der Waals surface area (Å²) in [7, 11) is 0. The maximum Gasteiger partial charge on any atom is 0.416 e. The van der Waals surface area contributed by atoms with Crippen molar-refractivity contribution in [3.63, 3.8) is 0 Å². The molecule has 1 saturated heterocycles. The van der Waals surface area contributed by atoms with Gasteiger partial charge < -0.3 is 15.1 Å². The van der Waals surface area contributed by atoms with Gasteiger partial charge in [-0.15, -0.1) is 0 Å². The Kier molecular flexibility index (Phi) is 7.40. The molecule has 0 aliphatic carbocycles. The second-order valence-corrected chi connectivity index (χ2v) is 6.68. The van der Waals surface area contributed by atoms with Crippen molar-refractivity contribution in [2.24, 2.45) is 0 Å². The van der Waals surface area contributed by atoms with E-state index in [-0.39, 0.29) is 56.5 Å². The molecule has 2 amide bonds. The van der Waals surface area contributed by atoms with Crippen LogP contribution in [0.5, 0.6) is 0 Å². The molecule has 1 N–H and O–H groups in total. The summed E-state index contributed by atoms with van der Waals surface area (Å²) >= 11 is 0. The van der Waals surface area contributed by atoms with Crippen LogP contribution in [0.1, 0.15) is 31.7 Å². The van der Waals surface area contributed by atoms with Gasteiger partial charge in [0.2, 0.25) is 11.8 Å². The zero-order valence-corrected chi connectivity index (χ0v) is 16.0. The van der Waals surface area contributed by atoms with Crippen LogP contribution in [0.2, 0.25) is 0 Å². The highest BCUT2D eigenvalue weighted by molar-refractivity contribution is 5.84. The molecule has 29 heavy (non-hydrogen) atoms. The van der Waals surface area contributed by atoms with Crippen molar-refractivity contribution in [1.82, 2.24) is 10.2 Å². The Labute approximate surface area is 165 Å². The van der Waals surface area contributed by atoms with Crippen LogP contribution in [-0.4, -0.2) is 54.4 Å². The van der Waals surface area contributed by atoms with E-state index in [1.165, 1.54) is 0 Å². The molecule has 0 saturated carbocycles. The summed E-state index contributed by atoms with van der Waals surface area (Å²) in [6.45, 7) is 3.52. The molecule has 1 heterocycles. The Morgan fingerprint density at radius 1 is 1.17 bits per heavy atom. The number of carbonyl (C=O) groups excluding carboxylic acids is 2. The van der Waals surface area contributed by atoms with Gasteiger partial charge in [-0.05, 0) is 18.6 Å². The van der Waals surface area contributed by atoms with Crippen LogP contribution in [0.3, 0.4) is 0 Å². The second kappa shape index (κ2) is 9.57. The normalized spacial score (nSPS) is 14.6. The van der Waals surface area contributed by atoms with Crippen molar-refractivity contribution in [3.8, 4) is 0 Å². The van der Waals surface area contributed by atoms with Crippen LogP contribution < -0.4 is 10.2 Å². The summed E-state index contributed by atoms with van der Waals surface area (Å²) in [5.74, 6) is -0.391. The Morgan fingerprint density at radius 2 is 1.83 bits per heavy atom. The van der Waals surface area contributed by atoms with E-state index < -0.39 is 22.4 Å². The average molecular weight is 416 g/mol. The quantitative estimate of drug-likeness (QED) is 0.545. The van der Waals surface area contributed by atoms with Gasteiger partial charge >= 0.3 is 6.18 Å². The first-order valence-corrected chi connectivity index (χ1v) is 9.28. The predicted octanol–water partition coefficient (Wildman–Crippen LogP) is 2.57. The Morgan fingerprint density at radius 3 is 2.38 bits per heavy atom. The first kappa shape index (κ1) is 22.4. The topological polar surface area (TPSA) is 95.8 Å². The van der Waals surface area contributed by atoms with Crippen molar-refractivity contribution in [2.45, 2.75) is 32.4 Å². The molecule has 1 aliphatic heterocycles. The molecular formula is C18H23F3N4O4. The van der Waals surface area contributed by atoms with E-state index in [4.69, 9.17) is 0 Å². The molecule has 2 rings (SSSR count). The fourth-order valence-corrected chi connectivity index (χ4v) is 3.04. The van der Waals surface area contributed by atoms with E-state index in [1.54, 1.807) is 9.80 Å². The number of hydrogen-bond donors (Lipinski definition) is 1. The van der Waals surface area contributed by atoms with Crippen molar-refractivity contribution >= 4 is 23.2 Å². The number of nitro benzene ring substituents is 1. The minimum absolute atomic E-state index is 0.0655. The Hall–Kier alpha value is -2.85. The van der Waals surface area contributed by atoms with Gasteiger partial charge in [-0.3, -0.25) is 19.7 Å². The highest BCUT2D eigenvalue weighted by Gasteiger charge is 2.34. The number of nitrogens with zero attached hydrogens (tertiary/aromatic N) is 3. The molecular weight excluding hydrogens is 393 g/mol. The summed E-state index contributed by atoms with van der Waals surface area (Å²) in [6.07, 6.45) is -3.71. The first-order valence-electron chi connectivity index (χ1n) is 9.28. The van der Waals surface area contributed by atoms with Gasteiger partial charge in [0, 0.05) is 51.6 Å². The largest absolute Gasteiger partial charge is 0.416 e.